The number of hydrogen-bond donors (Lipinski definition) is 2. The number of amides is 1. The molecule has 0 saturated heterocycles. The van der Waals surface area contributed by atoms with E-state index in [1.165, 1.54) is 24.4 Å². The van der Waals surface area contributed by atoms with Gasteiger partial charge < -0.3 is 10.6 Å². The molecule has 0 fully saturated rings. The summed E-state index contributed by atoms with van der Waals surface area (Å²) in [5, 5.41) is 16.1. The quantitative estimate of drug-likeness (QED) is 0.657. The normalized spacial score (nSPS) is 9.85. The van der Waals surface area contributed by atoms with E-state index in [2.05, 4.69) is 15.6 Å². The summed E-state index contributed by atoms with van der Waals surface area (Å²) in [7, 11) is 1.70. The fourth-order valence-corrected chi connectivity index (χ4v) is 1.61. The number of aromatic nitrogens is 1. The van der Waals surface area contributed by atoms with Crippen molar-refractivity contribution in [3.8, 4) is 0 Å². The highest BCUT2D eigenvalue weighted by atomic mass is 16.6. The van der Waals surface area contributed by atoms with E-state index in [9.17, 15) is 14.9 Å². The van der Waals surface area contributed by atoms with E-state index < -0.39 is 4.92 Å². The van der Waals surface area contributed by atoms with Crippen LogP contribution in [0.5, 0.6) is 0 Å². The van der Waals surface area contributed by atoms with Crippen molar-refractivity contribution in [1.29, 1.82) is 0 Å². The standard InChI is InChI=1S/C13H12N4O3/c1-14-12-7-9(5-6-15-12)13(18)16-10-3-2-4-11(8-10)17(19)20/h2-8H,1H3,(H,14,15)(H,16,18). The zero-order valence-electron chi connectivity index (χ0n) is 10.7. The Kier molecular flexibility index (Phi) is 3.90. The van der Waals surface area contributed by atoms with Gasteiger partial charge >= 0.3 is 0 Å². The predicted molar refractivity (Wildman–Crippen MR) is 74.8 cm³/mol. The molecular weight excluding hydrogens is 260 g/mol. The maximum Gasteiger partial charge on any atom is 0.271 e. The molecule has 2 aromatic rings. The Morgan fingerprint density at radius 2 is 2.10 bits per heavy atom. The van der Waals surface area contributed by atoms with Crippen molar-refractivity contribution in [2.45, 2.75) is 0 Å². The second-order valence-electron chi connectivity index (χ2n) is 3.94. The van der Waals surface area contributed by atoms with E-state index in [1.807, 2.05) is 0 Å². The monoisotopic (exact) mass is 272 g/mol. The van der Waals surface area contributed by atoms with E-state index >= 15 is 0 Å². The summed E-state index contributed by atoms with van der Waals surface area (Å²) < 4.78 is 0. The first kappa shape index (κ1) is 13.5. The van der Waals surface area contributed by atoms with Crippen LogP contribution < -0.4 is 10.6 Å². The number of non-ortho nitro benzene ring substituents is 1. The van der Waals surface area contributed by atoms with Gasteiger partial charge in [0.25, 0.3) is 11.6 Å². The van der Waals surface area contributed by atoms with Gasteiger partial charge in [0.05, 0.1) is 4.92 Å². The highest BCUT2D eigenvalue weighted by Gasteiger charge is 2.10. The lowest BCUT2D eigenvalue weighted by Gasteiger charge is -2.06. The molecule has 7 heteroatoms. The van der Waals surface area contributed by atoms with Crippen LogP contribution in [0.1, 0.15) is 10.4 Å². The van der Waals surface area contributed by atoms with E-state index in [0.29, 0.717) is 17.1 Å². The Morgan fingerprint density at radius 3 is 2.80 bits per heavy atom. The lowest BCUT2D eigenvalue weighted by Crippen LogP contribution is -2.12. The minimum Gasteiger partial charge on any atom is -0.373 e. The van der Waals surface area contributed by atoms with Crippen LogP contribution in [0, 0.1) is 10.1 Å². The van der Waals surface area contributed by atoms with Crippen molar-refractivity contribution in [1.82, 2.24) is 4.98 Å². The number of nitrogens with one attached hydrogen (secondary N) is 2. The molecular formula is C13H12N4O3. The van der Waals surface area contributed by atoms with Crippen molar-refractivity contribution >= 4 is 23.1 Å². The number of carbonyl (C=O) groups excluding carboxylic acids is 1. The molecule has 0 bridgehead atoms. The number of pyridine rings is 1. The number of nitro groups is 1. The maximum atomic E-state index is 12.0. The van der Waals surface area contributed by atoms with Crippen molar-refractivity contribution in [3.05, 3.63) is 58.3 Å². The van der Waals surface area contributed by atoms with Gasteiger partial charge in [-0.25, -0.2) is 4.98 Å². The summed E-state index contributed by atoms with van der Waals surface area (Å²) in [6.45, 7) is 0. The predicted octanol–water partition coefficient (Wildman–Crippen LogP) is 2.28. The largest absolute Gasteiger partial charge is 0.373 e. The molecule has 20 heavy (non-hydrogen) atoms. The van der Waals surface area contributed by atoms with Crippen LogP contribution >= 0.6 is 0 Å². The molecule has 1 amide bonds. The van der Waals surface area contributed by atoms with Gasteiger partial charge in [-0.15, -0.1) is 0 Å². The van der Waals surface area contributed by atoms with Crippen molar-refractivity contribution in [2.24, 2.45) is 0 Å². The van der Waals surface area contributed by atoms with Crippen molar-refractivity contribution in [2.75, 3.05) is 17.7 Å². The smallest absolute Gasteiger partial charge is 0.271 e. The first-order valence-corrected chi connectivity index (χ1v) is 5.80. The molecule has 0 atom stereocenters. The number of hydrogen-bond acceptors (Lipinski definition) is 5. The van der Waals surface area contributed by atoms with Crippen LogP contribution in [0.4, 0.5) is 17.2 Å². The van der Waals surface area contributed by atoms with Crippen LogP contribution in [0.25, 0.3) is 0 Å². The topological polar surface area (TPSA) is 97.2 Å². The fraction of sp³-hybridized carbons (Fsp3) is 0.0769. The number of rotatable bonds is 4. The molecule has 2 rings (SSSR count). The highest BCUT2D eigenvalue weighted by molar-refractivity contribution is 6.04. The Labute approximate surface area is 114 Å². The third kappa shape index (κ3) is 3.08. The first-order chi connectivity index (χ1) is 9.60. The third-order valence-electron chi connectivity index (χ3n) is 2.59. The van der Waals surface area contributed by atoms with E-state index in [4.69, 9.17) is 0 Å². The van der Waals surface area contributed by atoms with Gasteiger partial charge in [0, 0.05) is 36.6 Å². The summed E-state index contributed by atoms with van der Waals surface area (Å²) in [4.78, 5) is 26.2. The average molecular weight is 272 g/mol. The van der Waals surface area contributed by atoms with E-state index in [1.54, 1.807) is 25.2 Å². The summed E-state index contributed by atoms with van der Waals surface area (Å²) in [5.74, 6) is 0.209. The molecule has 102 valence electrons. The van der Waals surface area contributed by atoms with Gasteiger partial charge in [0.2, 0.25) is 0 Å². The number of benzene rings is 1. The fourth-order valence-electron chi connectivity index (χ4n) is 1.61. The first-order valence-electron chi connectivity index (χ1n) is 5.80. The molecule has 0 unspecified atom stereocenters. The van der Waals surface area contributed by atoms with Gasteiger partial charge in [-0.2, -0.15) is 0 Å². The second-order valence-corrected chi connectivity index (χ2v) is 3.94. The molecule has 1 aromatic heterocycles. The molecule has 0 aliphatic rings. The third-order valence-corrected chi connectivity index (χ3v) is 2.59. The van der Waals surface area contributed by atoms with Gasteiger partial charge in [0.15, 0.2) is 0 Å². The number of nitro benzene ring substituents is 1. The molecule has 1 heterocycles. The Bertz CT molecular complexity index is 658. The van der Waals surface area contributed by atoms with Crippen LogP contribution in [-0.2, 0) is 0 Å². The Balaban J connectivity index is 2.18. The summed E-state index contributed by atoms with van der Waals surface area (Å²) >= 11 is 0. The minimum absolute atomic E-state index is 0.0755. The Morgan fingerprint density at radius 1 is 1.30 bits per heavy atom. The molecule has 2 N–H and O–H groups in total. The molecule has 0 spiro atoms. The van der Waals surface area contributed by atoms with E-state index in [0.717, 1.165) is 0 Å². The van der Waals surface area contributed by atoms with Crippen molar-refractivity contribution < 1.29 is 9.72 Å². The summed E-state index contributed by atoms with van der Waals surface area (Å²) in [6, 6.07) is 8.92. The molecule has 0 saturated carbocycles. The van der Waals surface area contributed by atoms with Crippen molar-refractivity contribution in [3.63, 3.8) is 0 Å². The second kappa shape index (κ2) is 5.79. The summed E-state index contributed by atoms with van der Waals surface area (Å²) in [5.41, 5.74) is 0.705. The zero-order valence-corrected chi connectivity index (χ0v) is 10.7. The number of carbonyl (C=O) groups is 1. The van der Waals surface area contributed by atoms with Crippen LogP contribution in [0.3, 0.4) is 0 Å². The van der Waals surface area contributed by atoms with Crippen LogP contribution in [-0.4, -0.2) is 22.9 Å². The molecule has 1 aromatic carbocycles. The van der Waals surface area contributed by atoms with Gasteiger partial charge in [-0.3, -0.25) is 14.9 Å². The molecule has 0 aliphatic heterocycles. The molecule has 0 radical (unpaired) electrons. The zero-order chi connectivity index (χ0) is 14.5. The SMILES string of the molecule is CNc1cc(C(=O)Nc2cccc([N+](=O)[O-])c2)ccn1. The number of nitrogens with zero attached hydrogens (tertiary/aromatic N) is 2. The lowest BCUT2D eigenvalue weighted by molar-refractivity contribution is -0.384. The Hall–Kier alpha value is -2.96. The summed E-state index contributed by atoms with van der Waals surface area (Å²) in [6.07, 6.45) is 1.51. The lowest BCUT2D eigenvalue weighted by atomic mass is 10.2. The highest BCUT2D eigenvalue weighted by Crippen LogP contribution is 2.18. The van der Waals surface area contributed by atoms with Gasteiger partial charge in [0.1, 0.15) is 5.82 Å². The van der Waals surface area contributed by atoms with Gasteiger partial charge in [-0.05, 0) is 18.2 Å². The van der Waals surface area contributed by atoms with Crippen LogP contribution in [0.2, 0.25) is 0 Å². The average Bonchev–Trinajstić information content (AvgIpc) is 2.47. The molecule has 0 aliphatic carbocycles. The minimum atomic E-state index is -0.513. The van der Waals surface area contributed by atoms with E-state index in [-0.39, 0.29) is 11.6 Å². The van der Waals surface area contributed by atoms with Crippen LogP contribution in [0.15, 0.2) is 42.6 Å². The molecule has 7 nitrogen and oxygen atoms in total. The maximum absolute atomic E-state index is 12.0. The number of anilines is 2. The van der Waals surface area contributed by atoms with Gasteiger partial charge in [-0.1, -0.05) is 6.07 Å².